The number of imidazole rings is 1. The number of halogens is 4. The smallest absolute Gasteiger partial charge is 0.251 e. The molecular weight excluding hydrogens is 584 g/mol. The second-order valence-corrected chi connectivity index (χ2v) is 10.00. The summed E-state index contributed by atoms with van der Waals surface area (Å²) in [6.07, 6.45) is 3.35. The molecule has 9 nitrogen and oxygen atoms in total. The average Bonchev–Trinajstić information content (AvgIpc) is 3.72. The summed E-state index contributed by atoms with van der Waals surface area (Å²) in [7, 11) is 2.38. The van der Waals surface area contributed by atoms with Crippen LogP contribution in [0.2, 0.25) is 0 Å². The largest absolute Gasteiger partial charge is 0.494 e. The lowest BCUT2D eigenvalue weighted by Gasteiger charge is -2.13. The first-order chi connectivity index (χ1) is 21.2. The Bertz CT molecular complexity index is 1930. The van der Waals surface area contributed by atoms with Crippen LogP contribution in [-0.2, 0) is 0 Å². The van der Waals surface area contributed by atoms with E-state index >= 15 is 0 Å². The number of amides is 1. The molecule has 0 radical (unpaired) electrons. The molecule has 0 unspecified atom stereocenters. The third kappa shape index (κ3) is 5.32. The minimum absolute atomic E-state index is 0.0672. The van der Waals surface area contributed by atoms with E-state index in [-0.39, 0.29) is 40.7 Å². The number of nitrogens with zero attached hydrogens (tertiary/aromatic N) is 3. The molecule has 0 atom stereocenters. The maximum Gasteiger partial charge on any atom is 0.251 e. The molecular formula is C31H24F4N4O5. The Kier molecular flexibility index (Phi) is 7.45. The highest BCUT2D eigenvalue weighted by Gasteiger charge is 2.25. The topological polar surface area (TPSA) is 96.2 Å². The summed E-state index contributed by atoms with van der Waals surface area (Å²) in [5, 5.41) is 7.34. The Morgan fingerprint density at radius 2 is 1.41 bits per heavy atom. The van der Waals surface area contributed by atoms with Crippen LogP contribution in [0.3, 0.4) is 0 Å². The first kappa shape index (κ1) is 28.8. The van der Waals surface area contributed by atoms with Crippen LogP contribution in [0, 0.1) is 30.2 Å². The molecule has 1 aliphatic rings. The summed E-state index contributed by atoms with van der Waals surface area (Å²) < 4.78 is 80.7. The lowest BCUT2D eigenvalue weighted by molar-refractivity contribution is 0.0950. The fourth-order valence-electron chi connectivity index (χ4n) is 4.54. The number of aromatic nitrogens is 3. The van der Waals surface area contributed by atoms with Crippen LogP contribution < -0.4 is 24.3 Å². The maximum absolute atomic E-state index is 14.9. The van der Waals surface area contributed by atoms with Gasteiger partial charge in [0.15, 0.2) is 34.4 Å². The SMILES string of the molecule is COc1ccc(Oc2cc(Oc3ccc(OC)c(F)c3F)c3ncc(-c4ccc(C(=O)NC5CC5)c(C)c4)n3n2)c(F)c1F. The summed E-state index contributed by atoms with van der Waals surface area (Å²) in [6, 6.07) is 11.1. The van der Waals surface area contributed by atoms with Gasteiger partial charge < -0.3 is 24.3 Å². The zero-order chi connectivity index (χ0) is 31.1. The first-order valence-electron chi connectivity index (χ1n) is 13.4. The van der Waals surface area contributed by atoms with Gasteiger partial charge >= 0.3 is 0 Å². The third-order valence-electron chi connectivity index (χ3n) is 6.99. The van der Waals surface area contributed by atoms with Crippen molar-refractivity contribution < 1.29 is 41.3 Å². The molecule has 0 saturated heterocycles. The number of ether oxygens (including phenoxy) is 4. The molecule has 3 aromatic carbocycles. The Morgan fingerprint density at radius 3 is 2.00 bits per heavy atom. The molecule has 226 valence electrons. The Labute approximate surface area is 248 Å². The van der Waals surface area contributed by atoms with Gasteiger partial charge in [-0.1, -0.05) is 6.07 Å². The van der Waals surface area contributed by atoms with Crippen molar-refractivity contribution in [3.8, 4) is 45.9 Å². The summed E-state index contributed by atoms with van der Waals surface area (Å²) in [4.78, 5) is 17.0. The molecule has 44 heavy (non-hydrogen) atoms. The van der Waals surface area contributed by atoms with Crippen molar-refractivity contribution in [2.24, 2.45) is 0 Å². The maximum atomic E-state index is 14.9. The van der Waals surface area contributed by atoms with E-state index in [4.69, 9.17) is 18.9 Å². The van der Waals surface area contributed by atoms with E-state index in [1.54, 1.807) is 25.1 Å². The number of fused-ring (bicyclic) bond motifs is 1. The van der Waals surface area contributed by atoms with Crippen LogP contribution >= 0.6 is 0 Å². The van der Waals surface area contributed by atoms with Gasteiger partial charge in [-0.15, -0.1) is 5.10 Å². The van der Waals surface area contributed by atoms with Crippen molar-refractivity contribution in [2.45, 2.75) is 25.8 Å². The van der Waals surface area contributed by atoms with Crippen molar-refractivity contribution in [1.29, 1.82) is 0 Å². The minimum Gasteiger partial charge on any atom is -0.494 e. The lowest BCUT2D eigenvalue weighted by Crippen LogP contribution is -2.26. The number of carbonyl (C=O) groups excluding carboxylic acids is 1. The molecule has 5 aromatic rings. The number of nitrogens with one attached hydrogen (secondary N) is 1. The van der Waals surface area contributed by atoms with Crippen LogP contribution in [0.1, 0.15) is 28.8 Å². The number of rotatable bonds is 9. The highest BCUT2D eigenvalue weighted by Crippen LogP contribution is 2.37. The van der Waals surface area contributed by atoms with Crippen LogP contribution in [0.4, 0.5) is 17.6 Å². The summed E-state index contributed by atoms with van der Waals surface area (Å²) >= 11 is 0. The van der Waals surface area contributed by atoms with Gasteiger partial charge in [0.05, 0.1) is 26.1 Å². The molecule has 0 spiro atoms. The predicted molar refractivity (Wildman–Crippen MR) is 150 cm³/mol. The van der Waals surface area contributed by atoms with E-state index < -0.39 is 34.8 Å². The molecule has 1 amide bonds. The molecule has 0 aliphatic heterocycles. The molecule has 2 aromatic heterocycles. The van der Waals surface area contributed by atoms with Crippen molar-refractivity contribution in [3.05, 3.63) is 89.1 Å². The summed E-state index contributed by atoms with van der Waals surface area (Å²) in [5.74, 6) is -7.51. The second kappa shape index (κ2) is 11.4. The van der Waals surface area contributed by atoms with E-state index in [0.29, 0.717) is 22.4 Å². The van der Waals surface area contributed by atoms with Gasteiger partial charge in [-0.05, 0) is 61.7 Å². The Morgan fingerprint density at radius 1 is 0.818 bits per heavy atom. The van der Waals surface area contributed by atoms with E-state index in [0.717, 1.165) is 25.0 Å². The zero-order valence-electron chi connectivity index (χ0n) is 23.6. The number of aryl methyl sites for hydroxylation is 1. The van der Waals surface area contributed by atoms with Crippen LogP contribution in [0.25, 0.3) is 16.9 Å². The van der Waals surface area contributed by atoms with E-state index in [9.17, 15) is 22.4 Å². The molecule has 6 rings (SSSR count). The third-order valence-corrected chi connectivity index (χ3v) is 6.99. The van der Waals surface area contributed by atoms with Gasteiger partial charge in [0.2, 0.25) is 29.1 Å². The molecule has 1 saturated carbocycles. The number of methoxy groups -OCH3 is 2. The van der Waals surface area contributed by atoms with Gasteiger partial charge in [-0.25, -0.2) is 9.50 Å². The highest BCUT2D eigenvalue weighted by molar-refractivity contribution is 5.96. The fraction of sp³-hybridized carbons (Fsp3) is 0.194. The zero-order valence-corrected chi connectivity index (χ0v) is 23.6. The molecule has 1 aliphatic carbocycles. The summed E-state index contributed by atoms with van der Waals surface area (Å²) in [5.41, 5.74) is 2.25. The van der Waals surface area contributed by atoms with Gasteiger partial charge in [0, 0.05) is 23.2 Å². The normalized spacial score (nSPS) is 12.7. The van der Waals surface area contributed by atoms with Crippen molar-refractivity contribution >= 4 is 11.6 Å². The van der Waals surface area contributed by atoms with Crippen molar-refractivity contribution in [2.75, 3.05) is 14.2 Å². The van der Waals surface area contributed by atoms with Gasteiger partial charge in [-0.2, -0.15) is 17.6 Å². The van der Waals surface area contributed by atoms with E-state index in [2.05, 4.69) is 15.4 Å². The lowest BCUT2D eigenvalue weighted by atomic mass is 10.0. The Hall–Kier alpha value is -5.33. The van der Waals surface area contributed by atoms with Crippen LogP contribution in [0.5, 0.6) is 34.6 Å². The second-order valence-electron chi connectivity index (χ2n) is 10.00. The number of hydrogen-bond donors (Lipinski definition) is 1. The van der Waals surface area contributed by atoms with Gasteiger partial charge in [0.1, 0.15) is 0 Å². The van der Waals surface area contributed by atoms with Gasteiger partial charge in [-0.3, -0.25) is 4.79 Å². The van der Waals surface area contributed by atoms with E-state index in [1.165, 1.54) is 43.1 Å². The van der Waals surface area contributed by atoms with Crippen LogP contribution in [0.15, 0.2) is 54.7 Å². The fourth-order valence-corrected chi connectivity index (χ4v) is 4.54. The molecule has 1 N–H and O–H groups in total. The standard InChI is InChI=1S/C31H24F4N4O5/c1-15-12-16(4-7-18(15)31(40)37-17-5-6-17)19-14-36-30-24(43-22-10-8-20(41-2)26(32)28(22)34)13-25(38-39(19)30)44-23-11-9-21(42-3)27(33)29(23)35/h4,7-14,17H,5-6H2,1-3H3,(H,37,40). The molecule has 13 heteroatoms. The minimum atomic E-state index is -1.33. The van der Waals surface area contributed by atoms with Crippen LogP contribution in [-0.4, -0.2) is 40.8 Å². The quantitative estimate of drug-likeness (QED) is 0.185. The Balaban J connectivity index is 1.44. The number of hydrogen-bond acceptors (Lipinski definition) is 7. The predicted octanol–water partition coefficient (Wildman–Crippen LogP) is 6.76. The number of benzene rings is 3. The molecule has 2 heterocycles. The van der Waals surface area contributed by atoms with Crippen molar-refractivity contribution in [1.82, 2.24) is 19.9 Å². The van der Waals surface area contributed by atoms with E-state index in [1.807, 2.05) is 0 Å². The average molecular weight is 609 g/mol. The van der Waals surface area contributed by atoms with Crippen molar-refractivity contribution in [3.63, 3.8) is 0 Å². The number of carbonyl (C=O) groups is 1. The van der Waals surface area contributed by atoms with Gasteiger partial charge in [0.25, 0.3) is 5.91 Å². The molecule has 0 bridgehead atoms. The summed E-state index contributed by atoms with van der Waals surface area (Å²) in [6.45, 7) is 1.78. The molecule has 1 fully saturated rings. The highest BCUT2D eigenvalue weighted by atomic mass is 19.2. The monoisotopic (exact) mass is 608 g/mol. The first-order valence-corrected chi connectivity index (χ1v) is 13.4.